The molecule has 10 heteroatoms. The molecule has 4 atom stereocenters. The lowest BCUT2D eigenvalue weighted by Gasteiger charge is -2.37. The Morgan fingerprint density at radius 2 is 1.88 bits per heavy atom. The summed E-state index contributed by atoms with van der Waals surface area (Å²) in [5.41, 5.74) is 0.630. The lowest BCUT2D eigenvalue weighted by molar-refractivity contribution is -0.385. The first kappa shape index (κ1) is 28.7. The molecule has 0 aromatic heterocycles. The number of fused-ring (bicyclic) bond motifs is 2. The molecule has 0 unspecified atom stereocenters. The Morgan fingerprint density at radius 1 is 1.15 bits per heavy atom. The van der Waals surface area contributed by atoms with Gasteiger partial charge in [-0.3, -0.25) is 14.9 Å². The third-order valence-electron chi connectivity index (χ3n) is 8.67. The zero-order valence-corrected chi connectivity index (χ0v) is 26.1. The van der Waals surface area contributed by atoms with Crippen molar-refractivity contribution in [1.82, 2.24) is 0 Å². The first-order chi connectivity index (χ1) is 19.0. The van der Waals surface area contributed by atoms with Gasteiger partial charge in [0.05, 0.1) is 38.4 Å². The van der Waals surface area contributed by atoms with E-state index in [-0.39, 0.29) is 29.7 Å². The molecule has 0 aliphatic carbocycles. The molecule has 2 aliphatic heterocycles. The van der Waals surface area contributed by atoms with Crippen molar-refractivity contribution in [2.75, 3.05) is 18.6 Å². The number of halogens is 1. The van der Waals surface area contributed by atoms with Gasteiger partial charge in [-0.1, -0.05) is 49.5 Å². The summed E-state index contributed by atoms with van der Waals surface area (Å²) in [6, 6.07) is 20.6. The van der Waals surface area contributed by atoms with E-state index in [0.717, 1.165) is 14.9 Å². The quantitative estimate of drug-likeness (QED) is 0.150. The van der Waals surface area contributed by atoms with E-state index in [0.29, 0.717) is 24.2 Å². The van der Waals surface area contributed by atoms with E-state index in [9.17, 15) is 20.0 Å². The third-order valence-corrected chi connectivity index (χ3v) is 13.7. The number of benzene rings is 3. The number of amides is 1. The van der Waals surface area contributed by atoms with Crippen molar-refractivity contribution in [2.45, 2.75) is 50.2 Å². The van der Waals surface area contributed by atoms with E-state index >= 15 is 0 Å². The molecule has 1 amide bonds. The van der Waals surface area contributed by atoms with Crippen LogP contribution in [0, 0.1) is 19.6 Å². The van der Waals surface area contributed by atoms with Crippen LogP contribution in [0.4, 0.5) is 11.4 Å². The number of hydrogen-bond acceptors (Lipinski definition) is 6. The molecular weight excluding hydrogens is 639 g/mol. The van der Waals surface area contributed by atoms with E-state index in [1.165, 1.54) is 17.3 Å². The average Bonchev–Trinajstić information content (AvgIpc) is 3.35. The fourth-order valence-corrected chi connectivity index (χ4v) is 11.5. The maximum absolute atomic E-state index is 14.6. The predicted octanol–water partition coefficient (Wildman–Crippen LogP) is 5.35. The molecule has 1 saturated heterocycles. The molecule has 210 valence electrons. The van der Waals surface area contributed by atoms with Crippen LogP contribution in [0.5, 0.6) is 5.75 Å². The minimum absolute atomic E-state index is 0.0401. The van der Waals surface area contributed by atoms with E-state index in [2.05, 4.69) is 47.8 Å². The highest BCUT2D eigenvalue weighted by molar-refractivity contribution is 14.1. The Bertz CT molecular complexity index is 1450. The van der Waals surface area contributed by atoms with Crippen LogP contribution in [-0.4, -0.2) is 43.8 Å². The summed E-state index contributed by atoms with van der Waals surface area (Å²) in [5.74, 6) is 0.271. The number of hydrogen-bond donors (Lipinski definition) is 1. The summed E-state index contributed by atoms with van der Waals surface area (Å²) in [6.45, 7) is 6.81. The zero-order chi connectivity index (χ0) is 28.8. The van der Waals surface area contributed by atoms with E-state index in [1.54, 1.807) is 18.1 Å². The number of aliphatic hydroxyl groups excluding tert-OH is 1. The highest BCUT2D eigenvalue weighted by Gasteiger charge is 2.66. The van der Waals surface area contributed by atoms with Crippen molar-refractivity contribution in [1.29, 1.82) is 0 Å². The monoisotopic (exact) mass is 672 g/mol. The zero-order valence-electron chi connectivity index (χ0n) is 23.0. The molecule has 3 aromatic rings. The second kappa shape index (κ2) is 10.9. The second-order valence-electron chi connectivity index (χ2n) is 11.1. The van der Waals surface area contributed by atoms with Crippen LogP contribution in [0.15, 0.2) is 66.7 Å². The van der Waals surface area contributed by atoms with E-state index in [4.69, 9.17) is 9.47 Å². The van der Waals surface area contributed by atoms with Crippen molar-refractivity contribution in [3.63, 3.8) is 0 Å². The molecule has 8 nitrogen and oxygen atoms in total. The number of aliphatic hydroxyl groups is 1. The van der Waals surface area contributed by atoms with Crippen LogP contribution in [0.3, 0.4) is 0 Å². The third kappa shape index (κ3) is 4.64. The van der Waals surface area contributed by atoms with Crippen LogP contribution in [0.25, 0.3) is 0 Å². The van der Waals surface area contributed by atoms with Gasteiger partial charge in [-0.2, -0.15) is 0 Å². The second-order valence-corrected chi connectivity index (χ2v) is 17.1. The highest BCUT2D eigenvalue weighted by Crippen LogP contribution is 2.60. The molecule has 3 aromatic carbocycles. The van der Waals surface area contributed by atoms with E-state index in [1.807, 2.05) is 43.3 Å². The van der Waals surface area contributed by atoms with Crippen LogP contribution >= 0.6 is 22.6 Å². The lowest BCUT2D eigenvalue weighted by atomic mass is 9.82. The fourth-order valence-electron chi connectivity index (χ4n) is 6.79. The molecule has 1 N–H and O–H groups in total. The maximum atomic E-state index is 14.6. The number of nitro groups is 1. The highest BCUT2D eigenvalue weighted by atomic mass is 127. The van der Waals surface area contributed by atoms with Crippen LogP contribution in [-0.2, 0) is 21.7 Å². The van der Waals surface area contributed by atoms with Gasteiger partial charge in [0.2, 0.25) is 0 Å². The van der Waals surface area contributed by atoms with Gasteiger partial charge in [0.1, 0.15) is 5.75 Å². The fraction of sp³-hybridized carbons (Fsp3) is 0.367. The van der Waals surface area contributed by atoms with Gasteiger partial charge in [-0.25, -0.2) is 0 Å². The Morgan fingerprint density at radius 3 is 2.50 bits per heavy atom. The van der Waals surface area contributed by atoms with Gasteiger partial charge in [0.15, 0.2) is 5.60 Å². The first-order valence-electron chi connectivity index (χ1n) is 13.3. The minimum Gasteiger partial charge on any atom is -0.497 e. The van der Waals surface area contributed by atoms with Crippen LogP contribution < -0.4 is 14.8 Å². The molecule has 0 saturated carbocycles. The van der Waals surface area contributed by atoms with Crippen molar-refractivity contribution in [2.24, 2.45) is 5.92 Å². The normalized spacial score (nSPS) is 24.0. The van der Waals surface area contributed by atoms with Crippen molar-refractivity contribution in [3.05, 3.63) is 91.5 Å². The van der Waals surface area contributed by atoms with Crippen molar-refractivity contribution in [3.8, 4) is 5.75 Å². The molecule has 40 heavy (non-hydrogen) atoms. The number of methoxy groups -OCH3 is 1. The number of carbonyl (C=O) groups is 1. The Labute approximate surface area is 248 Å². The summed E-state index contributed by atoms with van der Waals surface area (Å²) >= 11 is 2.25. The Balaban J connectivity index is 1.64. The molecule has 0 bridgehead atoms. The van der Waals surface area contributed by atoms with Crippen LogP contribution in [0.2, 0.25) is 18.6 Å². The van der Waals surface area contributed by atoms with Gasteiger partial charge >= 0.3 is 0 Å². The number of ether oxygens (including phenoxy) is 2. The van der Waals surface area contributed by atoms with Gasteiger partial charge < -0.3 is 19.5 Å². The molecule has 2 aliphatic rings. The molecule has 1 spiro atoms. The number of nitro benzene ring substituents is 1. The summed E-state index contributed by atoms with van der Waals surface area (Å²) in [5, 5.41) is 23.1. The maximum Gasteiger partial charge on any atom is 0.269 e. The Kier molecular flexibility index (Phi) is 7.81. The summed E-state index contributed by atoms with van der Waals surface area (Å²) < 4.78 is 13.3. The topological polar surface area (TPSA) is 102 Å². The number of nitrogens with zero attached hydrogens (tertiary/aromatic N) is 2. The SMILES string of the molecule is COc1ccc([Si](C)(C)[C@@H]2[C@@H](CCO)O[C@]3(C(=O)N(Cc4cccc(I)c4)c4ccc([N+](=O)[O-])cc43)[C@H]2C)cc1. The van der Waals surface area contributed by atoms with Crippen molar-refractivity contribution < 1.29 is 24.3 Å². The minimum atomic E-state index is -2.33. The van der Waals surface area contributed by atoms with Gasteiger partial charge in [-0.05, 0) is 70.4 Å². The van der Waals surface area contributed by atoms with Gasteiger partial charge in [0, 0.05) is 33.8 Å². The molecule has 1 fully saturated rings. The molecule has 5 rings (SSSR count). The summed E-state index contributed by atoms with van der Waals surface area (Å²) in [6.07, 6.45) is -0.0185. The first-order valence-corrected chi connectivity index (χ1v) is 17.5. The van der Waals surface area contributed by atoms with E-state index < -0.39 is 24.7 Å². The summed E-state index contributed by atoms with van der Waals surface area (Å²) in [7, 11) is -0.691. The van der Waals surface area contributed by atoms with Gasteiger partial charge in [0.25, 0.3) is 11.6 Å². The molecule has 0 radical (unpaired) electrons. The molecular formula is C30H33IN2O6Si. The largest absolute Gasteiger partial charge is 0.497 e. The lowest BCUT2D eigenvalue weighted by Crippen LogP contribution is -2.51. The number of rotatable bonds is 8. The van der Waals surface area contributed by atoms with Gasteiger partial charge in [-0.15, -0.1) is 0 Å². The standard InChI is InChI=1S/C30H33IN2O6Si/c1-19-28(40(3,4)24-11-9-23(38-2)10-12-24)27(14-15-34)39-30(19)25-17-22(33(36)37)8-13-26(25)32(29(30)35)18-20-6-5-7-21(31)16-20/h5-13,16-17,19,27-28,34H,14-15,18H2,1-4H3/t19-,27+,28-,30+/m0/s1. The van der Waals surface area contributed by atoms with Crippen LogP contribution in [0.1, 0.15) is 24.5 Å². The molecule has 2 heterocycles. The smallest absolute Gasteiger partial charge is 0.269 e. The number of non-ortho nitro benzene ring substituents is 1. The average molecular weight is 673 g/mol. The number of carbonyl (C=O) groups excluding carboxylic acids is 1. The summed E-state index contributed by atoms with van der Waals surface area (Å²) in [4.78, 5) is 27.7. The van der Waals surface area contributed by atoms with Crippen molar-refractivity contribution >= 4 is 53.1 Å². The number of anilines is 1. The Hall–Kier alpha value is -2.80. The predicted molar refractivity (Wildman–Crippen MR) is 165 cm³/mol.